The molecule has 3 saturated heterocycles. The van der Waals surface area contributed by atoms with Crippen molar-refractivity contribution in [2.75, 3.05) is 25.4 Å². The maximum absolute atomic E-state index is 13.5. The maximum atomic E-state index is 13.5. The molecule has 0 aromatic carbocycles. The topological polar surface area (TPSA) is 118 Å². The van der Waals surface area contributed by atoms with Crippen LogP contribution >= 0.6 is 9.64 Å². The molecule has 0 unspecified atom stereocenters. The number of hydrogen-bond acceptors (Lipinski definition) is 7. The Bertz CT molecular complexity index is 621. The Labute approximate surface area is 168 Å². The summed E-state index contributed by atoms with van der Waals surface area (Å²) in [6.45, 7) is -1.68. The summed E-state index contributed by atoms with van der Waals surface area (Å²) in [5.74, 6) is -3.53. The van der Waals surface area contributed by atoms with E-state index in [1.54, 1.807) is 0 Å². The van der Waals surface area contributed by atoms with E-state index in [0.717, 1.165) is 16.8 Å². The molecule has 0 radical (unpaired) electrons. The third-order valence-electron chi connectivity index (χ3n) is 3.04. The average molecular weight is 419 g/mol. The van der Waals surface area contributed by atoms with Gasteiger partial charge in [-0.15, -0.1) is 0 Å². The summed E-state index contributed by atoms with van der Waals surface area (Å²) in [7, 11) is 0.725. The number of rotatable bonds is 2. The van der Waals surface area contributed by atoms with Gasteiger partial charge in [0.25, 0.3) is 0 Å². The van der Waals surface area contributed by atoms with Crippen molar-refractivity contribution in [3.05, 3.63) is 0 Å². The zero-order chi connectivity index (χ0) is 14.0. The van der Waals surface area contributed by atoms with E-state index >= 15 is 0 Å². The van der Waals surface area contributed by atoms with Gasteiger partial charge in [0, 0.05) is 0 Å². The maximum Gasteiger partial charge on any atom is 1.00 e. The Morgan fingerprint density at radius 3 is 2.19 bits per heavy atom. The minimum atomic E-state index is -5.48. The number of nitrogens with zero attached hydrogens (tertiary/aromatic N) is 3. The monoisotopic (exact) mass is 419 g/mol. The Morgan fingerprint density at radius 2 is 1.62 bits per heavy atom. The van der Waals surface area contributed by atoms with E-state index in [1.165, 1.54) is 0 Å². The van der Waals surface area contributed by atoms with Crippen molar-refractivity contribution in [3.8, 4) is 0 Å². The van der Waals surface area contributed by atoms with Gasteiger partial charge in [-0.05, 0) is 0 Å². The molecule has 3 rings (SSSR count). The third kappa shape index (κ3) is 2.33. The summed E-state index contributed by atoms with van der Waals surface area (Å²) in [5.41, 5.74) is 0. The van der Waals surface area contributed by atoms with Crippen molar-refractivity contribution in [3.63, 3.8) is 0 Å². The minimum Gasteiger partial charge on any atom is 1.00 e. The minimum absolute atomic E-state index is 0. The molecule has 3 heterocycles. The summed E-state index contributed by atoms with van der Waals surface area (Å²) < 4.78 is 16.0. The van der Waals surface area contributed by atoms with Crippen molar-refractivity contribution in [2.24, 2.45) is 0 Å². The second-order valence-corrected chi connectivity index (χ2v) is 15.9. The largest absolute Gasteiger partial charge is 1.00 e. The van der Waals surface area contributed by atoms with Crippen LogP contribution in [-0.2, 0) is 36.2 Å². The molecule has 0 aliphatic carbocycles. The molecular weight excluding hydrogens is 411 g/mol. The Hall–Kier alpha value is 0.679. The number of carboxylic acid groups (broad SMARTS) is 1. The predicted molar refractivity (Wildman–Crippen MR) is 53.3 cm³/mol. The third-order valence-corrected chi connectivity index (χ3v) is 17.8. The first-order valence-electron chi connectivity index (χ1n) is 5.16. The van der Waals surface area contributed by atoms with Crippen molar-refractivity contribution in [1.82, 2.24) is 10.7 Å². The van der Waals surface area contributed by atoms with Gasteiger partial charge in [-0.1, -0.05) is 0 Å². The van der Waals surface area contributed by atoms with E-state index in [1.807, 2.05) is 0 Å². The van der Waals surface area contributed by atoms with Gasteiger partial charge < -0.3 is 0 Å². The molecule has 1 spiro atoms. The quantitative estimate of drug-likeness (QED) is 0.408. The number of carboxylic acids is 1. The zero-order valence-electron chi connectivity index (χ0n) is 11.4. The molecule has 0 N–H and O–H groups in total. The molecule has 3 fully saturated rings. The van der Waals surface area contributed by atoms with Crippen LogP contribution < -0.4 is 64.2 Å². The molecule has 3 amide bonds. The van der Waals surface area contributed by atoms with Crippen LogP contribution in [0, 0.1) is 0 Å². The Morgan fingerprint density at radius 1 is 1.10 bits per heavy atom. The van der Waals surface area contributed by atoms with E-state index in [4.69, 9.17) is 0 Å². The summed E-state index contributed by atoms with van der Waals surface area (Å²) >= 11 is -5.48. The van der Waals surface area contributed by atoms with Gasteiger partial charge >= 0.3 is 170 Å². The van der Waals surface area contributed by atoms with Crippen LogP contribution in [0.3, 0.4) is 0 Å². The fraction of sp³-hybridized carbons (Fsp3) is 0.500. The van der Waals surface area contributed by atoms with Crippen LogP contribution in [0.25, 0.3) is 0 Å². The molecule has 0 saturated carbocycles. The Kier molecular flexibility index (Phi) is 5.59. The van der Waals surface area contributed by atoms with Crippen molar-refractivity contribution in [1.29, 1.82) is 0 Å². The van der Waals surface area contributed by atoms with Gasteiger partial charge in [0.1, 0.15) is 0 Å². The van der Waals surface area contributed by atoms with Gasteiger partial charge in [-0.2, -0.15) is 0 Å². The average Bonchev–Trinajstić information content (AvgIpc) is 2.79. The first-order valence-corrected chi connectivity index (χ1v) is 11.6. The van der Waals surface area contributed by atoms with E-state index < -0.39 is 50.3 Å². The molecule has 13 heteroatoms. The van der Waals surface area contributed by atoms with Crippen molar-refractivity contribution in [2.45, 2.75) is 0 Å². The van der Waals surface area contributed by atoms with E-state index in [2.05, 4.69) is 0 Å². The van der Waals surface area contributed by atoms with Gasteiger partial charge in [-0.3, -0.25) is 0 Å². The SMILES string of the molecule is O=C([O-])C[N]1C(=O)C[N]2C(=O)C[N]3C(=O)C[S][99Tc-]132=[O].[Na+].[Na+]. The molecular formula is C8H8N3Na2O6STc. The molecule has 0 aromatic heterocycles. The first kappa shape index (κ1) is 19.7. The van der Waals surface area contributed by atoms with Crippen LogP contribution in [0.1, 0.15) is 0 Å². The number of carbonyl (C=O) groups excluding carboxylic acids is 4. The van der Waals surface area contributed by atoms with Crippen LogP contribution in [-0.4, -0.2) is 59.8 Å². The van der Waals surface area contributed by atoms with Gasteiger partial charge in [0.2, 0.25) is 0 Å². The molecule has 0 aromatic rings. The smallest absolute Gasteiger partial charge is 1.00 e. The predicted octanol–water partition coefficient (Wildman–Crippen LogP) is -9.30. The number of hydrogen-bond donors (Lipinski definition) is 0. The van der Waals surface area contributed by atoms with Crippen LogP contribution in [0.5, 0.6) is 0 Å². The zero-order valence-corrected chi connectivity index (χ0v) is 18.1. The molecule has 9 nitrogen and oxygen atoms in total. The van der Waals surface area contributed by atoms with Crippen LogP contribution in [0.15, 0.2) is 0 Å². The molecule has 3 aliphatic heterocycles. The summed E-state index contributed by atoms with van der Waals surface area (Å²) in [6, 6.07) is 0. The number of aliphatic carboxylic acids is 1. The summed E-state index contributed by atoms with van der Waals surface area (Å²) in [6.07, 6.45) is 0. The van der Waals surface area contributed by atoms with Gasteiger partial charge in [0.05, 0.1) is 0 Å². The standard InChI is InChI=1S/C8H13N3O5S.2Na.O.Tc/c12-5(2-10-7(14)4-17)9-1-6(13)11-3-8(15)16;;;;/h1-4H2,(H5,9,10,11,12,13,14,15,16,17);;;;/q;2*+1;;+3/p-5/i;;;;1+1. The Balaban J connectivity index is 0.00000110. The normalized spacial score (nSPS) is 26.4. The molecule has 21 heavy (non-hydrogen) atoms. The van der Waals surface area contributed by atoms with Crippen molar-refractivity contribution >= 4 is 33.3 Å². The molecule has 0 atom stereocenters. The molecule has 3 aliphatic rings. The van der Waals surface area contributed by atoms with Crippen molar-refractivity contribution < 1.29 is 100 Å². The summed E-state index contributed by atoms with van der Waals surface area (Å²) in [5, 5.41) is 10.7. The second-order valence-electron chi connectivity index (χ2n) is 4.07. The van der Waals surface area contributed by atoms with E-state index in [-0.39, 0.29) is 71.4 Å². The van der Waals surface area contributed by atoms with E-state index in [0.29, 0.717) is 3.57 Å². The van der Waals surface area contributed by atoms with Crippen LogP contribution in [0.2, 0.25) is 0 Å². The molecule has 106 valence electrons. The van der Waals surface area contributed by atoms with Gasteiger partial charge in [-0.25, -0.2) is 0 Å². The number of carbonyl (C=O) groups is 4. The fourth-order valence-electron chi connectivity index (χ4n) is 2.28. The second kappa shape index (κ2) is 5.95. The first-order chi connectivity index (χ1) is 8.78. The number of amides is 3. The fourth-order valence-corrected chi connectivity index (χ4v) is 16.9. The van der Waals surface area contributed by atoms with E-state index in [9.17, 15) is 27.8 Å². The summed E-state index contributed by atoms with van der Waals surface area (Å²) in [4.78, 5) is 46.2. The molecule has 0 bridgehead atoms. The van der Waals surface area contributed by atoms with Crippen LogP contribution in [0.4, 0.5) is 0 Å². The van der Waals surface area contributed by atoms with Gasteiger partial charge in [0.15, 0.2) is 0 Å².